The fourth-order valence-electron chi connectivity index (χ4n) is 1.74. The maximum absolute atomic E-state index is 5.18. The highest BCUT2D eigenvalue weighted by Crippen LogP contribution is 2.16. The summed E-state index contributed by atoms with van der Waals surface area (Å²) in [5.41, 5.74) is 1.83. The molecule has 0 aliphatic heterocycles. The van der Waals surface area contributed by atoms with Crippen molar-refractivity contribution >= 4 is 29.1 Å². The van der Waals surface area contributed by atoms with Crippen molar-refractivity contribution in [3.05, 3.63) is 52.6 Å². The van der Waals surface area contributed by atoms with E-state index < -0.39 is 0 Å². The van der Waals surface area contributed by atoms with Crippen LogP contribution in [-0.2, 0) is 0 Å². The molecule has 0 unspecified atom stereocenters. The Morgan fingerprint density at radius 1 is 1.33 bits per heavy atom. The third-order valence-electron chi connectivity index (χ3n) is 2.65. The minimum atomic E-state index is 0.821. The van der Waals surface area contributed by atoms with Gasteiger partial charge in [0.05, 0.1) is 12.8 Å². The molecular weight excluding hydrogens is 244 g/mol. The van der Waals surface area contributed by atoms with Crippen LogP contribution in [-0.4, -0.2) is 16.5 Å². The van der Waals surface area contributed by atoms with Gasteiger partial charge in [-0.05, 0) is 29.7 Å². The molecule has 0 aliphatic carbocycles. The van der Waals surface area contributed by atoms with Crippen LogP contribution in [0.4, 0.5) is 0 Å². The van der Waals surface area contributed by atoms with E-state index in [4.69, 9.17) is 4.74 Å². The molecule has 3 aromatic heterocycles. The number of rotatable bonds is 3. The fourth-order valence-corrected chi connectivity index (χ4v) is 2.36. The molecule has 0 radical (unpaired) electrons. The van der Waals surface area contributed by atoms with Crippen LogP contribution in [0.3, 0.4) is 0 Å². The van der Waals surface area contributed by atoms with E-state index in [1.54, 1.807) is 18.4 Å². The zero-order chi connectivity index (χ0) is 12.4. The molecule has 0 N–H and O–H groups in total. The van der Waals surface area contributed by atoms with Crippen LogP contribution < -0.4 is 4.74 Å². The Balaban J connectivity index is 1.93. The number of hydrogen-bond acceptors (Lipinski definition) is 3. The van der Waals surface area contributed by atoms with Crippen molar-refractivity contribution in [3.63, 3.8) is 0 Å². The van der Waals surface area contributed by atoms with E-state index in [-0.39, 0.29) is 0 Å². The van der Waals surface area contributed by atoms with Crippen LogP contribution >= 0.6 is 11.3 Å². The molecule has 4 heteroatoms. The summed E-state index contributed by atoms with van der Waals surface area (Å²) in [5, 5.41) is 2.06. The van der Waals surface area contributed by atoms with Gasteiger partial charge >= 0.3 is 0 Å². The van der Waals surface area contributed by atoms with Gasteiger partial charge in [-0.3, -0.25) is 0 Å². The average Bonchev–Trinajstić information content (AvgIpc) is 3.04. The van der Waals surface area contributed by atoms with Gasteiger partial charge in [-0.2, -0.15) is 0 Å². The van der Waals surface area contributed by atoms with Gasteiger partial charge in [0, 0.05) is 23.3 Å². The number of pyridine rings is 1. The third kappa shape index (κ3) is 2.15. The molecule has 0 fully saturated rings. The Morgan fingerprint density at radius 3 is 3.06 bits per heavy atom. The Kier molecular flexibility index (Phi) is 2.86. The first kappa shape index (κ1) is 11.0. The van der Waals surface area contributed by atoms with Gasteiger partial charge in [0.15, 0.2) is 0 Å². The summed E-state index contributed by atoms with van der Waals surface area (Å²) in [4.78, 5) is 5.75. The summed E-state index contributed by atoms with van der Waals surface area (Å²) in [6.07, 6.45) is 8.04. The van der Waals surface area contributed by atoms with Gasteiger partial charge in [0.2, 0.25) is 0 Å². The van der Waals surface area contributed by atoms with Crippen molar-refractivity contribution in [2.75, 3.05) is 7.11 Å². The van der Waals surface area contributed by atoms with Crippen LogP contribution in [0.15, 0.2) is 42.0 Å². The Hall–Kier alpha value is -2.07. The summed E-state index contributed by atoms with van der Waals surface area (Å²) in [5.74, 6) is 0.821. The standard InChI is InChI=1S/C14H12N2OS/c1-17-12-6-7-16-10-11(15-14(16)9-12)4-5-13-3-2-8-18-13/h2-10H,1H3/b5-4+. The highest BCUT2D eigenvalue weighted by molar-refractivity contribution is 7.10. The maximum Gasteiger partial charge on any atom is 0.141 e. The number of ether oxygens (including phenoxy) is 1. The van der Waals surface area contributed by atoms with Crippen molar-refractivity contribution in [1.82, 2.24) is 9.38 Å². The molecule has 3 nitrogen and oxygen atoms in total. The van der Waals surface area contributed by atoms with E-state index in [1.165, 1.54) is 4.88 Å². The van der Waals surface area contributed by atoms with E-state index >= 15 is 0 Å². The topological polar surface area (TPSA) is 26.5 Å². The van der Waals surface area contributed by atoms with E-state index in [1.807, 2.05) is 41.1 Å². The number of methoxy groups -OCH3 is 1. The van der Waals surface area contributed by atoms with E-state index in [0.717, 1.165) is 17.1 Å². The molecule has 3 heterocycles. The molecule has 0 aromatic carbocycles. The largest absolute Gasteiger partial charge is 0.497 e. The van der Waals surface area contributed by atoms with E-state index in [0.29, 0.717) is 0 Å². The minimum absolute atomic E-state index is 0.821. The molecular formula is C14H12N2OS. The Labute approximate surface area is 109 Å². The van der Waals surface area contributed by atoms with Gasteiger partial charge in [0.1, 0.15) is 11.4 Å². The molecule has 0 aliphatic rings. The summed E-state index contributed by atoms with van der Waals surface area (Å²) in [6.45, 7) is 0. The minimum Gasteiger partial charge on any atom is -0.497 e. The predicted molar refractivity (Wildman–Crippen MR) is 75.0 cm³/mol. The van der Waals surface area contributed by atoms with Crippen molar-refractivity contribution in [3.8, 4) is 5.75 Å². The maximum atomic E-state index is 5.18. The SMILES string of the molecule is COc1ccn2cc(/C=C/c3cccs3)nc2c1. The van der Waals surface area contributed by atoms with Crippen molar-refractivity contribution in [2.24, 2.45) is 0 Å². The lowest BCUT2D eigenvalue weighted by Crippen LogP contribution is -1.85. The van der Waals surface area contributed by atoms with Crippen LogP contribution in [0, 0.1) is 0 Å². The van der Waals surface area contributed by atoms with Crippen molar-refractivity contribution in [1.29, 1.82) is 0 Å². The number of aromatic nitrogens is 2. The first-order valence-electron chi connectivity index (χ1n) is 5.59. The lowest BCUT2D eigenvalue weighted by Gasteiger charge is -1.98. The fraction of sp³-hybridized carbons (Fsp3) is 0.0714. The average molecular weight is 256 g/mol. The summed E-state index contributed by atoms with van der Waals surface area (Å²) in [6, 6.07) is 7.96. The number of imidazole rings is 1. The number of hydrogen-bond donors (Lipinski definition) is 0. The molecule has 0 amide bonds. The van der Waals surface area contributed by atoms with Gasteiger partial charge < -0.3 is 9.14 Å². The lowest BCUT2D eigenvalue weighted by molar-refractivity contribution is 0.414. The van der Waals surface area contributed by atoms with Crippen LogP contribution in [0.25, 0.3) is 17.8 Å². The molecule has 18 heavy (non-hydrogen) atoms. The number of fused-ring (bicyclic) bond motifs is 1. The zero-order valence-corrected chi connectivity index (χ0v) is 10.7. The monoisotopic (exact) mass is 256 g/mol. The molecule has 0 saturated heterocycles. The first-order valence-corrected chi connectivity index (χ1v) is 6.47. The van der Waals surface area contributed by atoms with Crippen LogP contribution in [0.5, 0.6) is 5.75 Å². The summed E-state index contributed by atoms with van der Waals surface area (Å²) in [7, 11) is 1.66. The Bertz CT molecular complexity index is 683. The van der Waals surface area contributed by atoms with Crippen LogP contribution in [0.2, 0.25) is 0 Å². The molecule has 0 spiro atoms. The second-order valence-electron chi connectivity index (χ2n) is 3.85. The molecule has 3 aromatic rings. The van der Waals surface area contributed by atoms with Gasteiger partial charge in [-0.1, -0.05) is 6.07 Å². The smallest absolute Gasteiger partial charge is 0.141 e. The lowest BCUT2D eigenvalue weighted by atomic mass is 10.3. The van der Waals surface area contributed by atoms with Gasteiger partial charge in [-0.15, -0.1) is 11.3 Å². The molecule has 0 saturated carbocycles. The predicted octanol–water partition coefficient (Wildman–Crippen LogP) is 3.57. The van der Waals surface area contributed by atoms with Gasteiger partial charge in [0.25, 0.3) is 0 Å². The van der Waals surface area contributed by atoms with Crippen molar-refractivity contribution in [2.45, 2.75) is 0 Å². The van der Waals surface area contributed by atoms with Crippen molar-refractivity contribution < 1.29 is 4.74 Å². The van der Waals surface area contributed by atoms with E-state index in [9.17, 15) is 0 Å². The second kappa shape index (κ2) is 4.66. The first-order chi connectivity index (χ1) is 8.85. The summed E-state index contributed by atoms with van der Waals surface area (Å²) >= 11 is 1.71. The zero-order valence-electron chi connectivity index (χ0n) is 9.91. The van der Waals surface area contributed by atoms with Crippen LogP contribution in [0.1, 0.15) is 10.6 Å². The third-order valence-corrected chi connectivity index (χ3v) is 3.49. The summed E-state index contributed by atoms with van der Waals surface area (Å²) < 4.78 is 7.16. The number of nitrogens with zero attached hydrogens (tertiary/aromatic N) is 2. The Morgan fingerprint density at radius 2 is 2.28 bits per heavy atom. The quantitative estimate of drug-likeness (QED) is 0.716. The molecule has 0 atom stereocenters. The highest BCUT2D eigenvalue weighted by atomic mass is 32.1. The molecule has 3 rings (SSSR count). The highest BCUT2D eigenvalue weighted by Gasteiger charge is 2.00. The van der Waals surface area contributed by atoms with Gasteiger partial charge in [-0.25, -0.2) is 4.98 Å². The second-order valence-corrected chi connectivity index (χ2v) is 4.83. The van der Waals surface area contributed by atoms with E-state index in [2.05, 4.69) is 22.5 Å². The normalized spacial score (nSPS) is 11.4. The number of thiophene rings is 1. The molecule has 0 bridgehead atoms. The molecule has 90 valence electrons.